The number of fused-ring (bicyclic) bond motifs is 4. The van der Waals surface area contributed by atoms with Gasteiger partial charge in [-0.3, -0.25) is 4.90 Å². The van der Waals surface area contributed by atoms with Gasteiger partial charge in [-0.1, -0.05) is 121 Å². The first-order chi connectivity index (χ1) is 30.7. The van der Waals surface area contributed by atoms with Crippen molar-refractivity contribution in [1.82, 2.24) is 4.90 Å². The van der Waals surface area contributed by atoms with Gasteiger partial charge >= 0.3 is 21.5 Å². The molecule has 11 heteroatoms. The fourth-order valence-corrected chi connectivity index (χ4v) is 10.9. The van der Waals surface area contributed by atoms with Crippen LogP contribution in [0.3, 0.4) is 0 Å². The predicted octanol–water partition coefficient (Wildman–Crippen LogP) is 12.9. The minimum Gasteiger partial charge on any atom is -0.577 e. The Kier molecular flexibility index (Phi) is 9.57. The van der Waals surface area contributed by atoms with Crippen LogP contribution >= 0.6 is 0 Å². The first-order valence-corrected chi connectivity index (χ1v) is 22.0. The molecule has 0 aromatic heterocycles. The van der Waals surface area contributed by atoms with E-state index in [9.17, 15) is 13.2 Å². The molecule has 0 saturated heterocycles. The Hall–Kier alpha value is -6.90. The molecule has 0 unspecified atom stereocenters. The Bertz CT molecular complexity index is 3100. The van der Waals surface area contributed by atoms with Gasteiger partial charge in [-0.15, -0.1) is 13.2 Å². The molecule has 3 aliphatic heterocycles. The Morgan fingerprint density at radius 2 is 0.873 bits per heavy atom. The van der Waals surface area contributed by atoms with Gasteiger partial charge in [0.1, 0.15) is 17.2 Å². The van der Waals surface area contributed by atoms with Gasteiger partial charge in [-0.25, -0.2) is 0 Å². The van der Waals surface area contributed by atoms with Gasteiger partial charge in [0.15, 0.2) is 5.75 Å². The molecule has 3 heterocycles. The van der Waals surface area contributed by atoms with Crippen molar-refractivity contribution < 1.29 is 38.7 Å². The summed E-state index contributed by atoms with van der Waals surface area (Å²) in [6, 6.07) is 49.2. The van der Waals surface area contributed by atoms with E-state index in [-0.39, 0.29) is 12.3 Å². The molecule has 0 fully saturated rings. The molecule has 0 spiro atoms. The highest BCUT2D eigenvalue weighted by atomic mass is 27.3. The number of benzene rings is 9. The van der Waals surface area contributed by atoms with Gasteiger partial charge < -0.3 is 25.6 Å². The van der Waals surface area contributed by atoms with Gasteiger partial charge in [-0.05, 0) is 73.4 Å². The number of rotatable bonds is 5. The molecule has 9 aromatic rings. The molecule has 3 aliphatic rings. The maximum atomic E-state index is 14.2. The number of para-hydroxylation sites is 1. The SMILES string of the molecule is COc1ccc2ccccc2c1-c1c2c(cc3ccccc13)CN1Cc3cccc(OC(F)(F)F)c3[O][Al]([O]2)[O]c2c(cc3ccccc3c2-c2c(OC)ccc3ccccc23)C1. The lowest BCUT2D eigenvalue weighted by atomic mass is 9.89. The molecular formula is C52H37AlF3NO6. The minimum atomic E-state index is -4.99. The second-order valence-corrected chi connectivity index (χ2v) is 17.0. The van der Waals surface area contributed by atoms with Crippen LogP contribution in [-0.4, -0.2) is 40.6 Å². The van der Waals surface area contributed by atoms with Gasteiger partial charge in [0.2, 0.25) is 0 Å². The summed E-state index contributed by atoms with van der Waals surface area (Å²) < 4.78 is 81.0. The average Bonchev–Trinajstić information content (AvgIpc) is 3.29. The zero-order chi connectivity index (χ0) is 42.8. The van der Waals surface area contributed by atoms with E-state index in [0.717, 1.165) is 76.5 Å². The number of halogens is 3. The summed E-state index contributed by atoms with van der Waals surface area (Å²) in [6.07, 6.45) is -4.99. The standard InChI is InChI=1S/C52H40F3NO6.Al/c1-60-42-24-22-31-12-3-7-17-38(31)45(42)47-40-19-9-5-14-33(40)26-36(50(47)58)29-56(28-35-16-11-21-44(49(35)57)62-52(53,54)55)30-37-27-34-15-6-10-20-41(34)48(51(37)59)46-39-18-8-4-13-32(39)23-25-43(46)61-2;/h3-27,57-59H,28-30H2,1-2H3;/q;+3/p-3. The summed E-state index contributed by atoms with van der Waals surface area (Å²) in [6.45, 7) is 0.915. The highest BCUT2D eigenvalue weighted by Crippen LogP contribution is 2.52. The molecular weight excluding hydrogens is 819 g/mol. The number of hydrogen-bond donors (Lipinski definition) is 0. The third-order valence-corrected chi connectivity index (χ3v) is 13.3. The Balaban J connectivity index is 1.23. The maximum Gasteiger partial charge on any atom is 1.20 e. The molecule has 0 atom stereocenters. The minimum absolute atomic E-state index is 0.0847. The third-order valence-electron chi connectivity index (χ3n) is 12.0. The van der Waals surface area contributed by atoms with Crippen LogP contribution in [0.4, 0.5) is 13.2 Å². The summed E-state index contributed by atoms with van der Waals surface area (Å²) in [5.74, 6) is 1.69. The first kappa shape index (κ1) is 39.0. The van der Waals surface area contributed by atoms with Gasteiger partial charge in [0.25, 0.3) is 0 Å². The summed E-state index contributed by atoms with van der Waals surface area (Å²) >= 11 is -3.73. The zero-order valence-electron chi connectivity index (χ0n) is 34.2. The van der Waals surface area contributed by atoms with E-state index in [1.807, 2.05) is 84.9 Å². The lowest BCUT2D eigenvalue weighted by Crippen LogP contribution is -2.40. The molecule has 0 radical (unpaired) electrons. The van der Waals surface area contributed by atoms with Crippen molar-refractivity contribution in [2.75, 3.05) is 14.2 Å². The van der Waals surface area contributed by atoms with Crippen LogP contribution in [0, 0.1) is 0 Å². The number of methoxy groups -OCH3 is 2. The fourth-order valence-electron chi connectivity index (χ4n) is 9.41. The van der Waals surface area contributed by atoms with Crippen molar-refractivity contribution in [1.29, 1.82) is 0 Å². The van der Waals surface area contributed by atoms with E-state index in [4.69, 9.17) is 20.8 Å². The monoisotopic (exact) mass is 855 g/mol. The molecule has 0 saturated carbocycles. The fraction of sp³-hybridized carbons (Fsp3) is 0.115. The third kappa shape index (κ3) is 6.90. The Labute approximate surface area is 365 Å². The van der Waals surface area contributed by atoms with Gasteiger partial charge in [0.05, 0.1) is 25.7 Å². The topological polar surface area (TPSA) is 58.6 Å². The number of hydrogen-bond acceptors (Lipinski definition) is 7. The molecule has 0 aliphatic carbocycles. The smallest absolute Gasteiger partial charge is 0.577 e. The van der Waals surface area contributed by atoms with Crippen LogP contribution in [-0.2, 0) is 19.6 Å². The molecule has 63 heavy (non-hydrogen) atoms. The van der Waals surface area contributed by atoms with Crippen molar-refractivity contribution in [3.05, 3.63) is 168 Å². The molecule has 0 amide bonds. The molecule has 0 N–H and O–H groups in total. The molecule has 12 rings (SSSR count). The highest BCUT2D eigenvalue weighted by Gasteiger charge is 2.50. The molecule has 310 valence electrons. The van der Waals surface area contributed by atoms with E-state index in [1.165, 1.54) is 6.07 Å². The highest BCUT2D eigenvalue weighted by molar-refractivity contribution is 6.40. The molecule has 2 bridgehead atoms. The van der Waals surface area contributed by atoms with E-state index in [1.54, 1.807) is 26.4 Å². The lowest BCUT2D eigenvalue weighted by molar-refractivity contribution is -0.275. The van der Waals surface area contributed by atoms with Crippen LogP contribution in [0.5, 0.6) is 34.5 Å². The molecule has 9 aromatic carbocycles. The van der Waals surface area contributed by atoms with E-state index >= 15 is 0 Å². The van der Waals surface area contributed by atoms with Gasteiger partial charge in [0, 0.05) is 58.6 Å². The van der Waals surface area contributed by atoms with Crippen LogP contribution in [0.1, 0.15) is 16.7 Å². The van der Waals surface area contributed by atoms with E-state index < -0.39 is 27.3 Å². The van der Waals surface area contributed by atoms with Crippen LogP contribution < -0.4 is 25.6 Å². The van der Waals surface area contributed by atoms with Crippen LogP contribution in [0.15, 0.2) is 152 Å². The van der Waals surface area contributed by atoms with Crippen molar-refractivity contribution in [3.63, 3.8) is 0 Å². The van der Waals surface area contributed by atoms with Crippen LogP contribution in [0.25, 0.3) is 65.3 Å². The number of nitrogens with zero attached hydrogens (tertiary/aromatic N) is 1. The summed E-state index contributed by atoms with van der Waals surface area (Å²) in [7, 11) is 3.29. The van der Waals surface area contributed by atoms with E-state index in [0.29, 0.717) is 41.7 Å². The average molecular weight is 856 g/mol. The van der Waals surface area contributed by atoms with Crippen molar-refractivity contribution in [2.45, 2.75) is 26.0 Å². The van der Waals surface area contributed by atoms with Crippen molar-refractivity contribution in [2.24, 2.45) is 0 Å². The normalized spacial score (nSPS) is 13.9. The summed E-state index contributed by atoms with van der Waals surface area (Å²) in [5.41, 5.74) is 5.36. The summed E-state index contributed by atoms with van der Waals surface area (Å²) in [4.78, 5) is 2.19. The maximum absolute atomic E-state index is 14.2. The molecule has 7 nitrogen and oxygen atoms in total. The Morgan fingerprint density at radius 1 is 0.444 bits per heavy atom. The summed E-state index contributed by atoms with van der Waals surface area (Å²) in [5, 5.41) is 7.63. The first-order valence-electron chi connectivity index (χ1n) is 20.6. The van der Waals surface area contributed by atoms with Crippen molar-refractivity contribution >= 4 is 58.2 Å². The second-order valence-electron chi connectivity index (χ2n) is 15.7. The quantitative estimate of drug-likeness (QED) is 0.160. The predicted molar refractivity (Wildman–Crippen MR) is 241 cm³/mol. The van der Waals surface area contributed by atoms with Gasteiger partial charge in [-0.2, -0.15) is 0 Å². The zero-order valence-corrected chi connectivity index (χ0v) is 35.3. The number of ether oxygens (including phenoxy) is 3. The lowest BCUT2D eigenvalue weighted by Gasteiger charge is -2.34. The Morgan fingerprint density at radius 3 is 1.35 bits per heavy atom. The number of alkyl halides is 3. The second kappa shape index (κ2) is 15.5. The van der Waals surface area contributed by atoms with E-state index in [2.05, 4.69) is 58.2 Å². The largest absolute Gasteiger partial charge is 1.20 e. The van der Waals surface area contributed by atoms with Crippen molar-refractivity contribution in [3.8, 4) is 56.8 Å². The van der Waals surface area contributed by atoms with Crippen LogP contribution in [0.2, 0.25) is 0 Å².